The fraction of sp³-hybridized carbons (Fsp3) is 0.211. The molecule has 4 rings (SSSR count). The van der Waals surface area contributed by atoms with Gasteiger partial charge >= 0.3 is 5.97 Å². The number of esters is 1. The molecule has 0 aliphatic carbocycles. The molecule has 0 atom stereocenters. The summed E-state index contributed by atoms with van der Waals surface area (Å²) in [6.07, 6.45) is 0. The Hall–Kier alpha value is -3.35. The van der Waals surface area contributed by atoms with E-state index in [1.165, 1.54) is 0 Å². The quantitative estimate of drug-likeness (QED) is 0.722. The molecule has 7 heteroatoms. The monoisotopic (exact) mass is 351 g/mol. The fourth-order valence-corrected chi connectivity index (χ4v) is 2.69. The first kappa shape index (κ1) is 16.1. The number of anilines is 2. The molecule has 0 bridgehead atoms. The first-order valence-corrected chi connectivity index (χ1v) is 8.35. The minimum atomic E-state index is -0.522. The van der Waals surface area contributed by atoms with Crippen molar-refractivity contribution in [2.75, 3.05) is 25.1 Å². The number of aromatic nitrogens is 2. The van der Waals surface area contributed by atoms with Crippen molar-refractivity contribution >= 4 is 28.5 Å². The SMILES string of the molecule is CCOC(=O)c1nc2ccccc2nc1Nc1ccc2c(c1)OCCO2. The second kappa shape index (κ2) is 6.87. The Morgan fingerprint density at radius 3 is 2.58 bits per heavy atom. The molecular formula is C19H17N3O4. The van der Waals surface area contributed by atoms with Crippen molar-refractivity contribution in [2.45, 2.75) is 6.92 Å². The van der Waals surface area contributed by atoms with E-state index < -0.39 is 5.97 Å². The molecule has 132 valence electrons. The predicted molar refractivity (Wildman–Crippen MR) is 96.2 cm³/mol. The Kier molecular flexibility index (Phi) is 4.27. The average molecular weight is 351 g/mol. The van der Waals surface area contributed by atoms with Crippen LogP contribution < -0.4 is 14.8 Å². The molecule has 26 heavy (non-hydrogen) atoms. The van der Waals surface area contributed by atoms with Gasteiger partial charge in [0.2, 0.25) is 0 Å². The minimum absolute atomic E-state index is 0.139. The Labute approximate surface area is 149 Å². The van der Waals surface area contributed by atoms with E-state index in [4.69, 9.17) is 14.2 Å². The van der Waals surface area contributed by atoms with Crippen molar-refractivity contribution in [2.24, 2.45) is 0 Å². The molecule has 0 spiro atoms. The van der Waals surface area contributed by atoms with E-state index >= 15 is 0 Å². The lowest BCUT2D eigenvalue weighted by atomic mass is 10.2. The van der Waals surface area contributed by atoms with Gasteiger partial charge < -0.3 is 19.5 Å². The molecule has 1 aliphatic rings. The molecule has 0 fully saturated rings. The highest BCUT2D eigenvalue weighted by Crippen LogP contribution is 2.34. The Morgan fingerprint density at radius 2 is 1.81 bits per heavy atom. The largest absolute Gasteiger partial charge is 0.486 e. The molecule has 3 aromatic rings. The normalized spacial score (nSPS) is 12.7. The number of carbonyl (C=O) groups is 1. The highest BCUT2D eigenvalue weighted by molar-refractivity contribution is 5.96. The molecule has 0 unspecified atom stereocenters. The predicted octanol–water partition coefficient (Wildman–Crippen LogP) is 3.32. The van der Waals surface area contributed by atoms with E-state index in [2.05, 4.69) is 15.3 Å². The first-order valence-electron chi connectivity index (χ1n) is 8.35. The van der Waals surface area contributed by atoms with Crippen LogP contribution in [0, 0.1) is 0 Å². The third-order valence-corrected chi connectivity index (χ3v) is 3.84. The fourth-order valence-electron chi connectivity index (χ4n) is 2.69. The number of hydrogen-bond acceptors (Lipinski definition) is 7. The van der Waals surface area contributed by atoms with Gasteiger partial charge in [-0.2, -0.15) is 0 Å². The highest BCUT2D eigenvalue weighted by Gasteiger charge is 2.19. The van der Waals surface area contributed by atoms with E-state index in [0.717, 1.165) is 0 Å². The number of hydrogen-bond donors (Lipinski definition) is 1. The second-order valence-corrected chi connectivity index (χ2v) is 5.61. The van der Waals surface area contributed by atoms with Crippen LogP contribution >= 0.6 is 0 Å². The van der Waals surface area contributed by atoms with E-state index in [1.54, 1.807) is 19.1 Å². The maximum atomic E-state index is 12.3. The molecule has 1 aromatic heterocycles. The average Bonchev–Trinajstić information content (AvgIpc) is 2.67. The molecule has 0 saturated carbocycles. The van der Waals surface area contributed by atoms with E-state index in [9.17, 15) is 4.79 Å². The summed E-state index contributed by atoms with van der Waals surface area (Å²) in [5.41, 5.74) is 2.16. The summed E-state index contributed by atoms with van der Waals surface area (Å²) >= 11 is 0. The lowest BCUT2D eigenvalue weighted by Gasteiger charge is -2.19. The topological polar surface area (TPSA) is 82.6 Å². The number of carbonyl (C=O) groups excluding carboxylic acids is 1. The van der Waals surface area contributed by atoms with Crippen LogP contribution in [0.4, 0.5) is 11.5 Å². The molecule has 1 N–H and O–H groups in total. The Bertz CT molecular complexity index is 974. The van der Waals surface area contributed by atoms with E-state index in [-0.39, 0.29) is 12.3 Å². The number of ether oxygens (including phenoxy) is 3. The van der Waals surface area contributed by atoms with Crippen LogP contribution in [0.25, 0.3) is 11.0 Å². The third kappa shape index (κ3) is 3.11. The summed E-state index contributed by atoms with van der Waals surface area (Å²) < 4.78 is 16.2. The number of benzene rings is 2. The molecular weight excluding hydrogens is 334 g/mol. The van der Waals surface area contributed by atoms with E-state index in [0.29, 0.717) is 47.3 Å². The lowest BCUT2D eigenvalue weighted by molar-refractivity contribution is 0.0521. The zero-order chi connectivity index (χ0) is 17.9. The molecule has 0 saturated heterocycles. The van der Waals surface area contributed by atoms with Gasteiger partial charge in [0.1, 0.15) is 13.2 Å². The number of para-hydroxylation sites is 2. The van der Waals surface area contributed by atoms with Gasteiger partial charge in [-0.25, -0.2) is 14.8 Å². The maximum Gasteiger partial charge on any atom is 0.360 e. The van der Waals surface area contributed by atoms with Crippen LogP contribution in [0.1, 0.15) is 17.4 Å². The van der Waals surface area contributed by atoms with Crippen LogP contribution in [0.2, 0.25) is 0 Å². The highest BCUT2D eigenvalue weighted by atomic mass is 16.6. The maximum absolute atomic E-state index is 12.3. The number of nitrogens with one attached hydrogen (secondary N) is 1. The van der Waals surface area contributed by atoms with Crippen LogP contribution in [0.15, 0.2) is 42.5 Å². The zero-order valence-corrected chi connectivity index (χ0v) is 14.2. The van der Waals surface area contributed by atoms with Crippen molar-refractivity contribution in [3.8, 4) is 11.5 Å². The smallest absolute Gasteiger partial charge is 0.360 e. The molecule has 2 aromatic carbocycles. The van der Waals surface area contributed by atoms with Crippen molar-refractivity contribution in [1.29, 1.82) is 0 Å². The van der Waals surface area contributed by atoms with Crippen LogP contribution in [0.5, 0.6) is 11.5 Å². The van der Waals surface area contributed by atoms with Gasteiger partial charge in [0.15, 0.2) is 23.0 Å². The van der Waals surface area contributed by atoms with Crippen molar-refractivity contribution < 1.29 is 19.0 Å². The van der Waals surface area contributed by atoms with Crippen LogP contribution in [0.3, 0.4) is 0 Å². The summed E-state index contributed by atoms with van der Waals surface area (Å²) in [7, 11) is 0. The summed E-state index contributed by atoms with van der Waals surface area (Å²) in [4.78, 5) is 21.3. The summed E-state index contributed by atoms with van der Waals surface area (Å²) in [6.45, 7) is 3.04. The molecule has 7 nitrogen and oxygen atoms in total. The first-order chi connectivity index (χ1) is 12.7. The molecule has 1 aliphatic heterocycles. The molecule has 0 amide bonds. The van der Waals surface area contributed by atoms with Gasteiger partial charge in [-0.1, -0.05) is 12.1 Å². The molecule has 0 radical (unpaired) electrons. The molecule has 2 heterocycles. The Morgan fingerprint density at radius 1 is 1.08 bits per heavy atom. The summed E-state index contributed by atoms with van der Waals surface area (Å²) in [5.74, 6) is 1.15. The standard InChI is InChI=1S/C19H17N3O4/c1-2-24-19(23)17-18(22-14-6-4-3-5-13(14)21-17)20-12-7-8-15-16(11-12)26-10-9-25-15/h3-8,11H,2,9-10H2,1H3,(H,20,22). The number of fused-ring (bicyclic) bond motifs is 2. The van der Waals surface area contributed by atoms with Crippen molar-refractivity contribution in [1.82, 2.24) is 9.97 Å². The third-order valence-electron chi connectivity index (χ3n) is 3.84. The Balaban J connectivity index is 1.74. The van der Waals surface area contributed by atoms with Gasteiger partial charge in [-0.05, 0) is 31.2 Å². The van der Waals surface area contributed by atoms with Crippen molar-refractivity contribution in [3.63, 3.8) is 0 Å². The van der Waals surface area contributed by atoms with Gasteiger partial charge in [0.25, 0.3) is 0 Å². The van der Waals surface area contributed by atoms with Gasteiger partial charge in [-0.3, -0.25) is 0 Å². The minimum Gasteiger partial charge on any atom is -0.486 e. The van der Waals surface area contributed by atoms with E-state index in [1.807, 2.05) is 30.3 Å². The van der Waals surface area contributed by atoms with Gasteiger partial charge in [-0.15, -0.1) is 0 Å². The van der Waals surface area contributed by atoms with Crippen LogP contribution in [-0.4, -0.2) is 35.8 Å². The number of nitrogens with zero attached hydrogens (tertiary/aromatic N) is 2. The van der Waals surface area contributed by atoms with Gasteiger partial charge in [0, 0.05) is 11.8 Å². The second-order valence-electron chi connectivity index (χ2n) is 5.61. The van der Waals surface area contributed by atoms with Crippen LogP contribution in [-0.2, 0) is 4.74 Å². The van der Waals surface area contributed by atoms with Crippen molar-refractivity contribution in [3.05, 3.63) is 48.2 Å². The summed E-state index contributed by atoms with van der Waals surface area (Å²) in [5, 5.41) is 3.14. The van der Waals surface area contributed by atoms with Gasteiger partial charge in [0.05, 0.1) is 17.6 Å². The number of rotatable bonds is 4. The zero-order valence-electron chi connectivity index (χ0n) is 14.2. The lowest BCUT2D eigenvalue weighted by Crippen LogP contribution is -2.15. The summed E-state index contributed by atoms with van der Waals surface area (Å²) in [6, 6.07) is 12.8.